The van der Waals surface area contributed by atoms with Crippen LogP contribution >= 0.6 is 0 Å². The molecule has 17 heavy (non-hydrogen) atoms. The Labute approximate surface area is 101 Å². The maximum atomic E-state index is 11.3. The third-order valence-corrected chi connectivity index (χ3v) is 3.52. The quantitative estimate of drug-likeness (QED) is 0.861. The van der Waals surface area contributed by atoms with Gasteiger partial charge in [0.25, 0.3) is 0 Å². The van der Waals surface area contributed by atoms with Gasteiger partial charge in [0.15, 0.2) is 0 Å². The van der Waals surface area contributed by atoms with E-state index in [9.17, 15) is 9.90 Å². The van der Waals surface area contributed by atoms with Crippen molar-refractivity contribution >= 4 is 16.9 Å². The van der Waals surface area contributed by atoms with Gasteiger partial charge in [-0.3, -0.25) is 0 Å². The summed E-state index contributed by atoms with van der Waals surface area (Å²) >= 11 is 0. The highest BCUT2D eigenvalue weighted by molar-refractivity contribution is 5.99. The largest absolute Gasteiger partial charge is 0.477 e. The molecule has 0 fully saturated rings. The monoisotopic (exact) mass is 231 g/mol. The van der Waals surface area contributed by atoms with Gasteiger partial charge < -0.3 is 9.67 Å². The SMILES string of the molecule is CCn1c(C(=O)O)c(C)c2ccc(C)c(C)c21. The minimum Gasteiger partial charge on any atom is -0.477 e. The van der Waals surface area contributed by atoms with Crippen LogP contribution in [-0.2, 0) is 6.54 Å². The first-order chi connectivity index (χ1) is 7.99. The van der Waals surface area contributed by atoms with Gasteiger partial charge >= 0.3 is 5.97 Å². The summed E-state index contributed by atoms with van der Waals surface area (Å²) in [5.74, 6) is -0.849. The number of aromatic nitrogens is 1. The highest BCUT2D eigenvalue weighted by atomic mass is 16.4. The molecule has 0 bridgehead atoms. The van der Waals surface area contributed by atoms with E-state index in [1.165, 1.54) is 11.1 Å². The summed E-state index contributed by atoms with van der Waals surface area (Å²) in [6.07, 6.45) is 0. The number of nitrogens with zero attached hydrogens (tertiary/aromatic N) is 1. The second kappa shape index (κ2) is 3.91. The highest BCUT2D eigenvalue weighted by Gasteiger charge is 2.20. The molecule has 0 amide bonds. The number of fused-ring (bicyclic) bond motifs is 1. The van der Waals surface area contributed by atoms with Crippen LogP contribution in [0.25, 0.3) is 10.9 Å². The lowest BCUT2D eigenvalue weighted by molar-refractivity contribution is 0.0685. The number of aryl methyl sites for hydroxylation is 4. The van der Waals surface area contributed by atoms with Crippen LogP contribution in [-0.4, -0.2) is 15.6 Å². The molecule has 3 nitrogen and oxygen atoms in total. The van der Waals surface area contributed by atoms with Gasteiger partial charge in [0.2, 0.25) is 0 Å². The molecule has 1 aromatic heterocycles. The molecule has 1 aromatic carbocycles. The van der Waals surface area contributed by atoms with Crippen LogP contribution in [0.5, 0.6) is 0 Å². The Hall–Kier alpha value is -1.77. The van der Waals surface area contributed by atoms with Gasteiger partial charge in [-0.25, -0.2) is 4.79 Å². The predicted octanol–water partition coefficient (Wildman–Crippen LogP) is 3.28. The number of carbonyl (C=O) groups is 1. The van der Waals surface area contributed by atoms with Gasteiger partial charge in [-0.2, -0.15) is 0 Å². The number of carboxylic acid groups (broad SMARTS) is 1. The van der Waals surface area contributed by atoms with E-state index in [-0.39, 0.29) is 0 Å². The molecule has 0 aliphatic heterocycles. The Morgan fingerprint density at radius 1 is 1.24 bits per heavy atom. The van der Waals surface area contributed by atoms with Crippen LogP contribution in [0.4, 0.5) is 0 Å². The molecule has 0 unspecified atom stereocenters. The van der Waals surface area contributed by atoms with Gasteiger partial charge in [-0.1, -0.05) is 12.1 Å². The standard InChI is InChI=1S/C14H17NO2/c1-5-15-12-9(3)8(2)6-7-11(12)10(4)13(15)14(16)17/h6-7H,5H2,1-4H3,(H,16,17). The van der Waals surface area contributed by atoms with Gasteiger partial charge in [-0.15, -0.1) is 0 Å². The zero-order valence-electron chi connectivity index (χ0n) is 10.7. The van der Waals surface area contributed by atoms with Crippen molar-refractivity contribution in [2.24, 2.45) is 0 Å². The van der Waals surface area contributed by atoms with Crippen LogP contribution < -0.4 is 0 Å². The first-order valence-electron chi connectivity index (χ1n) is 5.81. The van der Waals surface area contributed by atoms with E-state index in [2.05, 4.69) is 19.9 Å². The molecule has 1 N–H and O–H groups in total. The predicted molar refractivity (Wildman–Crippen MR) is 68.8 cm³/mol. The minimum absolute atomic E-state index is 0.413. The van der Waals surface area contributed by atoms with E-state index in [1.807, 2.05) is 24.5 Å². The lowest BCUT2D eigenvalue weighted by Gasteiger charge is -2.08. The van der Waals surface area contributed by atoms with Gasteiger partial charge in [0, 0.05) is 11.9 Å². The summed E-state index contributed by atoms with van der Waals surface area (Å²) in [4.78, 5) is 11.3. The molecule has 0 atom stereocenters. The topological polar surface area (TPSA) is 42.2 Å². The van der Waals surface area contributed by atoms with Crippen molar-refractivity contribution in [3.05, 3.63) is 34.5 Å². The molecule has 90 valence electrons. The van der Waals surface area contributed by atoms with Gasteiger partial charge in [0.1, 0.15) is 5.69 Å². The number of hydrogen-bond donors (Lipinski definition) is 1. The molecule has 0 radical (unpaired) electrons. The van der Waals surface area contributed by atoms with E-state index in [0.29, 0.717) is 12.2 Å². The third kappa shape index (κ3) is 1.54. The number of benzene rings is 1. The number of aromatic carboxylic acids is 1. The second-order valence-electron chi connectivity index (χ2n) is 4.43. The summed E-state index contributed by atoms with van der Waals surface area (Å²) < 4.78 is 1.90. The Morgan fingerprint density at radius 2 is 1.88 bits per heavy atom. The summed E-state index contributed by atoms with van der Waals surface area (Å²) in [6.45, 7) is 8.64. The molecule has 2 rings (SSSR count). The van der Waals surface area contributed by atoms with E-state index in [0.717, 1.165) is 16.5 Å². The third-order valence-electron chi connectivity index (χ3n) is 3.52. The molecule has 0 saturated carbocycles. The van der Waals surface area contributed by atoms with Crippen molar-refractivity contribution in [2.75, 3.05) is 0 Å². The number of hydrogen-bond acceptors (Lipinski definition) is 1. The fourth-order valence-corrected chi connectivity index (χ4v) is 2.49. The summed E-state index contributed by atoms with van der Waals surface area (Å²) in [6, 6.07) is 4.07. The molecule has 3 heteroatoms. The normalized spacial score (nSPS) is 11.1. The summed E-state index contributed by atoms with van der Waals surface area (Å²) in [5, 5.41) is 10.4. The van der Waals surface area contributed by atoms with Crippen LogP contribution in [0.1, 0.15) is 34.1 Å². The second-order valence-corrected chi connectivity index (χ2v) is 4.43. The van der Waals surface area contributed by atoms with Crippen molar-refractivity contribution in [1.29, 1.82) is 0 Å². The first kappa shape index (κ1) is 11.7. The molecule has 0 spiro atoms. The molecular weight excluding hydrogens is 214 g/mol. The number of rotatable bonds is 2. The van der Waals surface area contributed by atoms with Gasteiger partial charge in [0.05, 0.1) is 5.52 Å². The summed E-state index contributed by atoms with van der Waals surface area (Å²) in [7, 11) is 0. The van der Waals surface area contributed by atoms with Crippen molar-refractivity contribution in [3.63, 3.8) is 0 Å². The van der Waals surface area contributed by atoms with Crippen LogP contribution in [0, 0.1) is 20.8 Å². The lowest BCUT2D eigenvalue weighted by Crippen LogP contribution is -2.08. The average molecular weight is 231 g/mol. The van der Waals surface area contributed by atoms with Crippen molar-refractivity contribution in [1.82, 2.24) is 4.57 Å². The molecule has 2 aromatic rings. The molecule has 0 saturated heterocycles. The van der Waals surface area contributed by atoms with Crippen molar-refractivity contribution in [3.8, 4) is 0 Å². The van der Waals surface area contributed by atoms with Gasteiger partial charge in [-0.05, 0) is 44.4 Å². The molecule has 0 aliphatic rings. The van der Waals surface area contributed by atoms with Crippen molar-refractivity contribution in [2.45, 2.75) is 34.2 Å². The molecule has 0 aliphatic carbocycles. The first-order valence-corrected chi connectivity index (χ1v) is 5.81. The molecular formula is C14H17NO2. The Balaban J connectivity index is 3.00. The van der Waals surface area contributed by atoms with Crippen LogP contribution in [0.3, 0.4) is 0 Å². The fraction of sp³-hybridized carbons (Fsp3) is 0.357. The summed E-state index contributed by atoms with van der Waals surface area (Å²) in [5.41, 5.74) is 4.69. The maximum Gasteiger partial charge on any atom is 0.352 e. The average Bonchev–Trinajstić information content (AvgIpc) is 2.57. The Bertz CT molecular complexity index is 608. The zero-order valence-corrected chi connectivity index (χ0v) is 10.7. The highest BCUT2D eigenvalue weighted by Crippen LogP contribution is 2.29. The van der Waals surface area contributed by atoms with E-state index < -0.39 is 5.97 Å². The maximum absolute atomic E-state index is 11.3. The minimum atomic E-state index is -0.849. The smallest absolute Gasteiger partial charge is 0.352 e. The Morgan fingerprint density at radius 3 is 2.41 bits per heavy atom. The van der Waals surface area contributed by atoms with E-state index in [1.54, 1.807) is 0 Å². The lowest BCUT2D eigenvalue weighted by atomic mass is 10.0. The zero-order chi connectivity index (χ0) is 12.7. The van der Waals surface area contributed by atoms with E-state index >= 15 is 0 Å². The Kier molecular flexibility index (Phi) is 2.69. The van der Waals surface area contributed by atoms with E-state index in [4.69, 9.17) is 0 Å². The van der Waals surface area contributed by atoms with Crippen molar-refractivity contribution < 1.29 is 9.90 Å². The molecule has 1 heterocycles. The van der Waals surface area contributed by atoms with Crippen LogP contribution in [0.15, 0.2) is 12.1 Å². The number of carboxylic acids is 1. The van der Waals surface area contributed by atoms with Crippen LogP contribution in [0.2, 0.25) is 0 Å². The fourth-order valence-electron chi connectivity index (χ4n) is 2.49.